The molecular formula is C25H50N2O2S. The Morgan fingerprint density at radius 1 is 0.633 bits per heavy atom. The van der Waals surface area contributed by atoms with Gasteiger partial charge in [0, 0.05) is 13.1 Å². The molecule has 0 aliphatic carbocycles. The molecule has 0 N–H and O–H groups in total. The third-order valence-corrected chi connectivity index (χ3v) is 8.10. The maximum atomic E-state index is 13.2. The normalized spacial score (nSPS) is 12.9. The van der Waals surface area contributed by atoms with Crippen LogP contribution in [0, 0.1) is 11.3 Å². The molecule has 30 heavy (non-hydrogen) atoms. The quantitative estimate of drug-likeness (QED) is 0.162. The minimum atomic E-state index is -3.52. The summed E-state index contributed by atoms with van der Waals surface area (Å²) < 4.78 is 28.0. The van der Waals surface area contributed by atoms with Crippen molar-refractivity contribution in [1.29, 1.82) is 5.26 Å². The molecule has 0 aromatic rings. The largest absolute Gasteiger partial charge is 0.230 e. The lowest BCUT2D eigenvalue weighted by Crippen LogP contribution is -2.39. The van der Waals surface area contributed by atoms with E-state index < -0.39 is 15.3 Å². The molecule has 0 aromatic carbocycles. The zero-order valence-electron chi connectivity index (χ0n) is 20.3. The van der Waals surface area contributed by atoms with E-state index >= 15 is 0 Å². The van der Waals surface area contributed by atoms with Gasteiger partial charge in [0.1, 0.15) is 0 Å². The fraction of sp³-hybridized carbons (Fsp3) is 0.960. The summed E-state index contributed by atoms with van der Waals surface area (Å²) in [6, 6.07) is 2.10. The molecule has 1 atom stereocenters. The van der Waals surface area contributed by atoms with E-state index in [-0.39, 0.29) is 0 Å². The molecule has 0 saturated heterocycles. The smallest absolute Gasteiger partial charge is 0.211 e. The molecule has 178 valence electrons. The molecule has 0 radical (unpaired) electrons. The third-order valence-electron chi connectivity index (χ3n) is 5.96. The van der Waals surface area contributed by atoms with E-state index in [0.717, 1.165) is 44.9 Å². The van der Waals surface area contributed by atoms with Crippen LogP contribution in [0.1, 0.15) is 136 Å². The van der Waals surface area contributed by atoms with Gasteiger partial charge in [-0.1, -0.05) is 117 Å². The molecule has 5 heteroatoms. The highest BCUT2D eigenvalue weighted by atomic mass is 32.2. The third kappa shape index (κ3) is 14.4. The Morgan fingerprint density at radius 3 is 1.40 bits per heavy atom. The molecule has 0 bridgehead atoms. The highest BCUT2D eigenvalue weighted by Gasteiger charge is 2.31. The van der Waals surface area contributed by atoms with E-state index in [2.05, 4.69) is 26.8 Å². The van der Waals surface area contributed by atoms with E-state index in [1.807, 2.05) is 0 Å². The van der Waals surface area contributed by atoms with E-state index in [1.54, 1.807) is 4.31 Å². The van der Waals surface area contributed by atoms with Gasteiger partial charge in [-0.3, -0.25) is 0 Å². The fourth-order valence-corrected chi connectivity index (χ4v) is 5.62. The first kappa shape index (κ1) is 29.4. The second kappa shape index (κ2) is 20.3. The van der Waals surface area contributed by atoms with Crippen molar-refractivity contribution in [1.82, 2.24) is 4.31 Å². The topological polar surface area (TPSA) is 61.2 Å². The number of sulfonamides is 1. The molecule has 0 aliphatic heterocycles. The Morgan fingerprint density at radius 2 is 1.00 bits per heavy atom. The van der Waals surface area contributed by atoms with Crippen LogP contribution < -0.4 is 0 Å². The van der Waals surface area contributed by atoms with Crippen LogP contribution in [0.4, 0.5) is 0 Å². The first-order valence-corrected chi connectivity index (χ1v) is 14.4. The van der Waals surface area contributed by atoms with Crippen molar-refractivity contribution in [3.63, 3.8) is 0 Å². The minimum absolute atomic E-state index is 0.469. The van der Waals surface area contributed by atoms with Crippen LogP contribution >= 0.6 is 0 Å². The standard InChI is InChI=1S/C25H50N2O2S/c1-4-7-10-12-14-16-19-22-27(23-20-17-15-13-11-8-5-2)30(28,29)25(24-26)21-18-9-6-3/h25H,4-23H2,1-3H3. The average Bonchev–Trinajstić information content (AvgIpc) is 2.73. The molecule has 0 fully saturated rings. The summed E-state index contributed by atoms with van der Waals surface area (Å²) in [5.41, 5.74) is 0. The summed E-state index contributed by atoms with van der Waals surface area (Å²) in [5, 5.41) is 8.66. The molecule has 1 unspecified atom stereocenters. The van der Waals surface area contributed by atoms with Crippen LogP contribution in [-0.2, 0) is 10.0 Å². The van der Waals surface area contributed by atoms with Crippen LogP contribution in [0.2, 0.25) is 0 Å². The maximum Gasteiger partial charge on any atom is 0.230 e. The molecular weight excluding hydrogens is 392 g/mol. The van der Waals surface area contributed by atoms with E-state index in [9.17, 15) is 13.7 Å². The van der Waals surface area contributed by atoms with Gasteiger partial charge in [-0.25, -0.2) is 12.7 Å². The molecule has 0 amide bonds. The Labute approximate surface area is 188 Å². The predicted octanol–water partition coefficient (Wildman–Crippen LogP) is 7.59. The van der Waals surface area contributed by atoms with Gasteiger partial charge >= 0.3 is 0 Å². The van der Waals surface area contributed by atoms with Crippen LogP contribution in [0.3, 0.4) is 0 Å². The molecule has 0 aromatic heterocycles. The molecule has 0 heterocycles. The number of nitrogens with zero attached hydrogens (tertiary/aromatic N) is 2. The van der Waals surface area contributed by atoms with Crippen molar-refractivity contribution in [3.05, 3.63) is 0 Å². The summed E-state index contributed by atoms with van der Waals surface area (Å²) in [7, 11) is -3.52. The lowest BCUT2D eigenvalue weighted by Gasteiger charge is -2.25. The second-order valence-electron chi connectivity index (χ2n) is 8.80. The van der Waals surface area contributed by atoms with Gasteiger partial charge in [0.25, 0.3) is 0 Å². The van der Waals surface area contributed by atoms with E-state index in [1.165, 1.54) is 64.2 Å². The number of hydrogen-bond acceptors (Lipinski definition) is 3. The highest BCUT2D eigenvalue weighted by Crippen LogP contribution is 2.19. The summed E-state index contributed by atoms with van der Waals surface area (Å²) in [4.78, 5) is 0. The Hall–Kier alpha value is -0.600. The van der Waals surface area contributed by atoms with Gasteiger partial charge < -0.3 is 0 Å². The molecule has 0 rings (SSSR count). The minimum Gasteiger partial charge on any atom is -0.211 e. The van der Waals surface area contributed by atoms with Crippen molar-refractivity contribution >= 4 is 10.0 Å². The molecule has 4 nitrogen and oxygen atoms in total. The fourth-order valence-electron chi connectivity index (χ4n) is 3.90. The van der Waals surface area contributed by atoms with E-state index in [4.69, 9.17) is 0 Å². The summed E-state index contributed by atoms with van der Waals surface area (Å²) in [6.45, 7) is 7.70. The summed E-state index contributed by atoms with van der Waals surface area (Å²) in [6.07, 6.45) is 19.8. The first-order valence-electron chi connectivity index (χ1n) is 12.9. The zero-order valence-corrected chi connectivity index (χ0v) is 21.2. The summed E-state index contributed by atoms with van der Waals surface area (Å²) in [5.74, 6) is 0. The predicted molar refractivity (Wildman–Crippen MR) is 130 cm³/mol. The van der Waals surface area contributed by atoms with Crippen molar-refractivity contribution in [2.24, 2.45) is 0 Å². The summed E-state index contributed by atoms with van der Waals surface area (Å²) >= 11 is 0. The SMILES string of the molecule is CCCCCCCCCN(CCCCCCCCC)S(=O)(=O)C(C#N)CCCCC. The lowest BCUT2D eigenvalue weighted by atomic mass is 10.1. The number of rotatable bonds is 22. The van der Waals surface area contributed by atoms with Gasteiger partial charge in [-0.05, 0) is 19.3 Å². The van der Waals surface area contributed by atoms with Gasteiger partial charge in [0.05, 0.1) is 6.07 Å². The monoisotopic (exact) mass is 442 g/mol. The van der Waals surface area contributed by atoms with Crippen LogP contribution in [0.25, 0.3) is 0 Å². The molecule has 0 spiro atoms. The second-order valence-corrected chi connectivity index (χ2v) is 10.9. The molecule has 0 aliphatic rings. The molecule has 0 saturated carbocycles. The Bertz CT molecular complexity index is 496. The van der Waals surface area contributed by atoms with Crippen LogP contribution in [0.5, 0.6) is 0 Å². The van der Waals surface area contributed by atoms with Gasteiger partial charge in [0.15, 0.2) is 5.25 Å². The maximum absolute atomic E-state index is 13.2. The van der Waals surface area contributed by atoms with Gasteiger partial charge in [0.2, 0.25) is 10.0 Å². The Balaban J connectivity index is 4.64. The van der Waals surface area contributed by atoms with Crippen molar-refractivity contribution in [3.8, 4) is 6.07 Å². The number of nitriles is 1. The average molecular weight is 443 g/mol. The van der Waals surface area contributed by atoms with Crippen LogP contribution in [-0.4, -0.2) is 31.1 Å². The Kier molecular flexibility index (Phi) is 19.9. The first-order chi connectivity index (χ1) is 14.5. The van der Waals surface area contributed by atoms with Crippen molar-refractivity contribution in [2.45, 2.75) is 142 Å². The van der Waals surface area contributed by atoms with E-state index in [0.29, 0.717) is 19.5 Å². The van der Waals surface area contributed by atoms with Gasteiger partial charge in [-0.15, -0.1) is 0 Å². The zero-order chi connectivity index (χ0) is 22.5. The van der Waals surface area contributed by atoms with Gasteiger partial charge in [-0.2, -0.15) is 5.26 Å². The van der Waals surface area contributed by atoms with Crippen LogP contribution in [0.15, 0.2) is 0 Å². The number of unbranched alkanes of at least 4 members (excludes halogenated alkanes) is 14. The lowest BCUT2D eigenvalue weighted by molar-refractivity contribution is 0.379. The van der Waals surface area contributed by atoms with Crippen molar-refractivity contribution in [2.75, 3.05) is 13.1 Å². The van der Waals surface area contributed by atoms with Crippen molar-refractivity contribution < 1.29 is 8.42 Å². The number of hydrogen-bond donors (Lipinski definition) is 0. The highest BCUT2D eigenvalue weighted by molar-refractivity contribution is 7.90.